The number of aromatic nitrogens is 1. The summed E-state index contributed by atoms with van der Waals surface area (Å²) in [5, 5.41) is 13.8. The first-order valence-corrected chi connectivity index (χ1v) is 6.62. The van der Waals surface area contributed by atoms with Crippen LogP contribution >= 0.6 is 0 Å². The first-order chi connectivity index (χ1) is 9.11. The molecule has 0 radical (unpaired) electrons. The van der Waals surface area contributed by atoms with Gasteiger partial charge in [-0.2, -0.15) is 0 Å². The van der Waals surface area contributed by atoms with Gasteiger partial charge in [0.05, 0.1) is 17.8 Å². The molecule has 1 heterocycles. The maximum atomic E-state index is 9.46. The van der Waals surface area contributed by atoms with Gasteiger partial charge in [0.25, 0.3) is 0 Å². The Morgan fingerprint density at radius 2 is 2.11 bits per heavy atom. The quantitative estimate of drug-likeness (QED) is 0.722. The molecule has 19 heavy (non-hydrogen) atoms. The number of pyridine rings is 1. The van der Waals surface area contributed by atoms with E-state index in [4.69, 9.17) is 5.73 Å². The van der Waals surface area contributed by atoms with Gasteiger partial charge in [0.2, 0.25) is 0 Å². The summed E-state index contributed by atoms with van der Waals surface area (Å²) < 4.78 is 0. The lowest BCUT2D eigenvalue weighted by Gasteiger charge is -2.20. The van der Waals surface area contributed by atoms with Crippen molar-refractivity contribution in [1.29, 1.82) is 0 Å². The number of benzene rings is 1. The number of nitrogens with two attached hydrogens (primary N) is 1. The number of nitrogens with one attached hydrogen (secondary N) is 1. The molecule has 0 aliphatic heterocycles. The fraction of sp³-hybridized carbons (Fsp3) is 0.400. The number of anilines is 2. The number of nitrogen functional groups attached to an aromatic ring is 1. The molecule has 102 valence electrons. The van der Waals surface area contributed by atoms with Crippen LogP contribution < -0.4 is 11.1 Å². The molecular weight excluding hydrogens is 238 g/mol. The van der Waals surface area contributed by atoms with E-state index in [-0.39, 0.29) is 12.6 Å². The number of fused-ring (bicyclic) bond motifs is 1. The molecule has 1 atom stereocenters. The molecule has 1 aromatic carbocycles. The van der Waals surface area contributed by atoms with E-state index in [2.05, 4.69) is 24.1 Å². The lowest BCUT2D eigenvalue weighted by atomic mass is 10.0. The maximum absolute atomic E-state index is 9.46. The van der Waals surface area contributed by atoms with E-state index in [1.54, 1.807) is 6.20 Å². The summed E-state index contributed by atoms with van der Waals surface area (Å²) in [6.07, 6.45) is 2.66. The zero-order valence-corrected chi connectivity index (χ0v) is 11.4. The van der Waals surface area contributed by atoms with Crippen molar-refractivity contribution in [2.75, 3.05) is 17.7 Å². The van der Waals surface area contributed by atoms with Gasteiger partial charge in [0, 0.05) is 23.3 Å². The summed E-state index contributed by atoms with van der Waals surface area (Å²) in [6, 6.07) is 7.72. The largest absolute Gasteiger partial charge is 0.397 e. The normalized spacial score (nSPS) is 12.8. The Balaban J connectivity index is 2.32. The van der Waals surface area contributed by atoms with Crippen LogP contribution in [0.3, 0.4) is 0 Å². The fourth-order valence-corrected chi connectivity index (χ4v) is 2.29. The smallest absolute Gasteiger partial charge is 0.0951 e. The molecule has 0 fully saturated rings. The van der Waals surface area contributed by atoms with Crippen LogP contribution in [0.1, 0.15) is 20.3 Å². The second kappa shape index (κ2) is 5.89. The Hall–Kier alpha value is -1.81. The average Bonchev–Trinajstić information content (AvgIpc) is 2.38. The van der Waals surface area contributed by atoms with Crippen molar-refractivity contribution >= 4 is 22.3 Å². The summed E-state index contributed by atoms with van der Waals surface area (Å²) in [7, 11) is 0. The third-order valence-corrected chi connectivity index (χ3v) is 3.14. The zero-order valence-electron chi connectivity index (χ0n) is 11.4. The molecule has 0 spiro atoms. The van der Waals surface area contributed by atoms with Crippen LogP contribution in [-0.2, 0) is 0 Å². The molecular formula is C15H21N3O. The summed E-state index contributed by atoms with van der Waals surface area (Å²) in [4.78, 5) is 4.31. The van der Waals surface area contributed by atoms with Crippen molar-refractivity contribution in [3.05, 3.63) is 30.5 Å². The lowest BCUT2D eigenvalue weighted by molar-refractivity contribution is 0.259. The molecule has 0 saturated carbocycles. The van der Waals surface area contributed by atoms with Crippen LogP contribution in [0.5, 0.6) is 0 Å². The molecule has 4 heteroatoms. The number of aliphatic hydroxyl groups is 1. The number of para-hydroxylation sites is 1. The Labute approximate surface area is 113 Å². The first-order valence-electron chi connectivity index (χ1n) is 6.62. The molecule has 1 aromatic heterocycles. The molecule has 0 bridgehead atoms. The molecule has 0 aliphatic rings. The standard InChI is InChI=1S/C15H21N3O/c1-10(2)8-11(9-19)18-14-6-7-17-15-12(14)4-3-5-13(15)16/h3-7,10-11,19H,8-9,16H2,1-2H3,(H,17,18). The van der Waals surface area contributed by atoms with Gasteiger partial charge in [-0.1, -0.05) is 26.0 Å². The van der Waals surface area contributed by atoms with Gasteiger partial charge < -0.3 is 16.2 Å². The van der Waals surface area contributed by atoms with Crippen molar-refractivity contribution in [2.24, 2.45) is 5.92 Å². The van der Waals surface area contributed by atoms with Gasteiger partial charge in [-0.15, -0.1) is 0 Å². The third-order valence-electron chi connectivity index (χ3n) is 3.14. The lowest BCUT2D eigenvalue weighted by Crippen LogP contribution is -2.25. The van der Waals surface area contributed by atoms with E-state index in [1.807, 2.05) is 24.3 Å². The van der Waals surface area contributed by atoms with Crippen LogP contribution in [0.15, 0.2) is 30.5 Å². The molecule has 2 rings (SSSR count). The number of nitrogens with zero attached hydrogens (tertiary/aromatic N) is 1. The van der Waals surface area contributed by atoms with E-state index < -0.39 is 0 Å². The van der Waals surface area contributed by atoms with Crippen molar-refractivity contribution in [1.82, 2.24) is 4.98 Å². The highest BCUT2D eigenvalue weighted by atomic mass is 16.3. The zero-order chi connectivity index (χ0) is 13.8. The SMILES string of the molecule is CC(C)CC(CO)Nc1ccnc2c(N)cccc12. The van der Waals surface area contributed by atoms with Crippen LogP contribution in [0.4, 0.5) is 11.4 Å². The van der Waals surface area contributed by atoms with Gasteiger partial charge in [-0.05, 0) is 24.5 Å². The Morgan fingerprint density at radius 1 is 1.32 bits per heavy atom. The Kier molecular flexibility index (Phi) is 4.22. The predicted molar refractivity (Wildman–Crippen MR) is 80.1 cm³/mol. The van der Waals surface area contributed by atoms with Crippen molar-refractivity contribution in [2.45, 2.75) is 26.3 Å². The van der Waals surface area contributed by atoms with Crippen molar-refractivity contribution < 1.29 is 5.11 Å². The molecule has 4 N–H and O–H groups in total. The van der Waals surface area contributed by atoms with E-state index in [9.17, 15) is 5.11 Å². The van der Waals surface area contributed by atoms with Crippen LogP contribution in [0.25, 0.3) is 10.9 Å². The topological polar surface area (TPSA) is 71.2 Å². The second-order valence-corrected chi connectivity index (χ2v) is 5.26. The van der Waals surface area contributed by atoms with Gasteiger partial charge in [-0.25, -0.2) is 0 Å². The van der Waals surface area contributed by atoms with Crippen molar-refractivity contribution in [3.8, 4) is 0 Å². The van der Waals surface area contributed by atoms with E-state index >= 15 is 0 Å². The highest BCUT2D eigenvalue weighted by molar-refractivity contribution is 5.97. The van der Waals surface area contributed by atoms with Gasteiger partial charge in [0.1, 0.15) is 0 Å². The van der Waals surface area contributed by atoms with E-state index in [0.717, 1.165) is 23.0 Å². The number of hydrogen-bond acceptors (Lipinski definition) is 4. The third kappa shape index (κ3) is 3.15. The fourth-order valence-electron chi connectivity index (χ4n) is 2.29. The van der Waals surface area contributed by atoms with E-state index in [0.29, 0.717) is 11.6 Å². The summed E-state index contributed by atoms with van der Waals surface area (Å²) in [6.45, 7) is 4.41. The van der Waals surface area contributed by atoms with Crippen molar-refractivity contribution in [3.63, 3.8) is 0 Å². The summed E-state index contributed by atoms with van der Waals surface area (Å²) in [5.74, 6) is 0.530. The summed E-state index contributed by atoms with van der Waals surface area (Å²) in [5.41, 5.74) is 8.37. The Bertz CT molecular complexity index is 554. The number of rotatable bonds is 5. The van der Waals surface area contributed by atoms with Gasteiger partial charge >= 0.3 is 0 Å². The minimum atomic E-state index is 0.0482. The molecule has 0 amide bonds. The molecule has 0 saturated heterocycles. The monoisotopic (exact) mass is 259 g/mol. The number of hydrogen-bond donors (Lipinski definition) is 3. The van der Waals surface area contributed by atoms with Crippen LogP contribution in [-0.4, -0.2) is 22.7 Å². The summed E-state index contributed by atoms with van der Waals surface area (Å²) >= 11 is 0. The molecule has 1 unspecified atom stereocenters. The highest BCUT2D eigenvalue weighted by Crippen LogP contribution is 2.26. The second-order valence-electron chi connectivity index (χ2n) is 5.26. The molecule has 0 aliphatic carbocycles. The average molecular weight is 259 g/mol. The van der Waals surface area contributed by atoms with E-state index in [1.165, 1.54) is 0 Å². The number of aliphatic hydroxyl groups excluding tert-OH is 1. The first kappa shape index (κ1) is 13.6. The highest BCUT2D eigenvalue weighted by Gasteiger charge is 2.12. The molecule has 2 aromatic rings. The van der Waals surface area contributed by atoms with Crippen LogP contribution in [0, 0.1) is 5.92 Å². The van der Waals surface area contributed by atoms with Gasteiger partial charge in [0.15, 0.2) is 0 Å². The minimum absolute atomic E-state index is 0.0482. The Morgan fingerprint density at radius 3 is 2.79 bits per heavy atom. The minimum Gasteiger partial charge on any atom is -0.397 e. The maximum Gasteiger partial charge on any atom is 0.0951 e. The molecule has 4 nitrogen and oxygen atoms in total. The van der Waals surface area contributed by atoms with Crippen LogP contribution in [0.2, 0.25) is 0 Å². The predicted octanol–water partition coefficient (Wildman–Crippen LogP) is 2.64. The van der Waals surface area contributed by atoms with Gasteiger partial charge in [-0.3, -0.25) is 4.98 Å².